The summed E-state index contributed by atoms with van der Waals surface area (Å²) < 4.78 is 1.09. The van der Waals surface area contributed by atoms with E-state index in [1.807, 2.05) is 6.07 Å². The van der Waals surface area contributed by atoms with Gasteiger partial charge in [0.2, 0.25) is 0 Å². The van der Waals surface area contributed by atoms with E-state index in [1.54, 1.807) is 0 Å². The topological polar surface area (TPSA) is 38.0 Å². The van der Waals surface area contributed by atoms with E-state index in [2.05, 4.69) is 47.1 Å². The van der Waals surface area contributed by atoms with E-state index in [1.165, 1.54) is 31.2 Å². The summed E-state index contributed by atoms with van der Waals surface area (Å²) in [6, 6.07) is 6.47. The Kier molecular flexibility index (Phi) is 5.30. The molecule has 0 saturated heterocycles. The Bertz CT molecular complexity index is 411. The molecule has 3 unspecified atom stereocenters. The molecule has 1 aromatic rings. The lowest BCUT2D eigenvalue weighted by Crippen LogP contribution is -2.35. The summed E-state index contributed by atoms with van der Waals surface area (Å²) in [6.07, 6.45) is 5.16. The third-order valence-electron chi connectivity index (χ3n) is 3.93. The predicted molar refractivity (Wildman–Crippen MR) is 85.4 cm³/mol. The van der Waals surface area contributed by atoms with Gasteiger partial charge in [0, 0.05) is 9.61 Å². The zero-order chi connectivity index (χ0) is 13.1. The Labute approximate surface area is 128 Å². The van der Waals surface area contributed by atoms with Gasteiger partial charge in [0.1, 0.15) is 0 Å². The van der Waals surface area contributed by atoms with Crippen LogP contribution in [-0.4, -0.2) is 0 Å². The minimum atomic E-state index is 0.224. The molecule has 0 amide bonds. The summed E-state index contributed by atoms with van der Waals surface area (Å²) in [5.74, 6) is 7.20. The Morgan fingerprint density at radius 2 is 2.22 bits per heavy atom. The molecule has 0 spiro atoms. The second-order valence-electron chi connectivity index (χ2n) is 5.35. The third kappa shape index (κ3) is 3.38. The number of benzene rings is 1. The highest BCUT2D eigenvalue weighted by atomic mass is 127. The van der Waals surface area contributed by atoms with E-state index in [4.69, 9.17) is 17.4 Å². The van der Waals surface area contributed by atoms with Gasteiger partial charge in [-0.15, -0.1) is 0 Å². The molecule has 1 saturated carbocycles. The Hall–Kier alpha value is 0.160. The van der Waals surface area contributed by atoms with Crippen molar-refractivity contribution in [3.05, 3.63) is 32.4 Å². The summed E-state index contributed by atoms with van der Waals surface area (Å²) in [5, 5.41) is 0.817. The van der Waals surface area contributed by atoms with Crippen molar-refractivity contribution < 1.29 is 0 Å². The summed E-state index contributed by atoms with van der Waals surface area (Å²) in [6.45, 7) is 2.33. The third-order valence-corrected chi connectivity index (χ3v) is 5.50. The molecule has 0 aliphatic heterocycles. The van der Waals surface area contributed by atoms with E-state index >= 15 is 0 Å². The molecule has 1 fully saturated rings. The molecular weight excluding hydrogens is 359 g/mol. The normalized spacial score (nSPS) is 26.0. The van der Waals surface area contributed by atoms with Crippen LogP contribution in [-0.2, 0) is 0 Å². The molecule has 0 aromatic heterocycles. The zero-order valence-electron chi connectivity index (χ0n) is 10.6. The first-order chi connectivity index (χ1) is 8.61. The lowest BCUT2D eigenvalue weighted by atomic mass is 9.77. The molecule has 2 rings (SSSR count). The molecule has 0 radical (unpaired) electrons. The van der Waals surface area contributed by atoms with Gasteiger partial charge in [-0.25, -0.2) is 0 Å². The van der Waals surface area contributed by atoms with Crippen molar-refractivity contribution in [1.29, 1.82) is 0 Å². The zero-order valence-corrected chi connectivity index (χ0v) is 13.5. The molecule has 3 atom stereocenters. The van der Waals surface area contributed by atoms with Gasteiger partial charge in [0.25, 0.3) is 0 Å². The Balaban J connectivity index is 2.18. The van der Waals surface area contributed by atoms with Gasteiger partial charge in [-0.3, -0.25) is 11.3 Å². The van der Waals surface area contributed by atoms with Crippen molar-refractivity contribution in [3.8, 4) is 0 Å². The quantitative estimate of drug-likeness (QED) is 0.468. The van der Waals surface area contributed by atoms with Crippen LogP contribution in [0, 0.1) is 15.4 Å². The molecule has 0 heterocycles. The van der Waals surface area contributed by atoms with Crippen molar-refractivity contribution in [2.24, 2.45) is 17.7 Å². The molecular formula is C14H20ClIN2. The maximum atomic E-state index is 6.21. The van der Waals surface area contributed by atoms with Crippen molar-refractivity contribution in [2.45, 2.75) is 38.6 Å². The van der Waals surface area contributed by atoms with Crippen LogP contribution in [0.1, 0.15) is 44.2 Å². The van der Waals surface area contributed by atoms with Gasteiger partial charge in [0.05, 0.1) is 5.02 Å². The average molecular weight is 379 g/mol. The lowest BCUT2D eigenvalue weighted by molar-refractivity contribution is 0.224. The highest BCUT2D eigenvalue weighted by molar-refractivity contribution is 14.1. The van der Waals surface area contributed by atoms with Crippen LogP contribution in [0.5, 0.6) is 0 Å². The minimum Gasteiger partial charge on any atom is -0.271 e. The van der Waals surface area contributed by atoms with Crippen LogP contribution in [0.15, 0.2) is 18.2 Å². The van der Waals surface area contributed by atoms with Gasteiger partial charge in [0.15, 0.2) is 0 Å². The molecule has 1 aliphatic carbocycles. The van der Waals surface area contributed by atoms with Gasteiger partial charge in [-0.05, 0) is 65.0 Å². The van der Waals surface area contributed by atoms with Crippen LogP contribution in [0.2, 0.25) is 5.02 Å². The maximum absolute atomic E-state index is 6.21. The molecule has 1 aliphatic rings. The molecule has 2 nitrogen and oxygen atoms in total. The molecule has 100 valence electrons. The van der Waals surface area contributed by atoms with Gasteiger partial charge in [-0.1, -0.05) is 37.4 Å². The number of nitrogens with two attached hydrogens (primary N) is 1. The monoisotopic (exact) mass is 378 g/mol. The molecule has 3 N–H and O–H groups in total. The predicted octanol–water partition coefficient (Wildman–Crippen LogP) is 4.28. The van der Waals surface area contributed by atoms with Gasteiger partial charge in [-0.2, -0.15) is 0 Å². The lowest BCUT2D eigenvalue weighted by Gasteiger charge is -2.33. The van der Waals surface area contributed by atoms with Crippen molar-refractivity contribution in [3.63, 3.8) is 0 Å². The van der Waals surface area contributed by atoms with Gasteiger partial charge >= 0.3 is 0 Å². The molecule has 0 bridgehead atoms. The summed E-state index contributed by atoms with van der Waals surface area (Å²) in [7, 11) is 0. The Morgan fingerprint density at radius 3 is 2.83 bits per heavy atom. The molecule has 1 aromatic carbocycles. The fourth-order valence-corrected chi connectivity index (χ4v) is 3.52. The number of hydrogen-bond acceptors (Lipinski definition) is 2. The average Bonchev–Trinajstić information content (AvgIpc) is 2.35. The van der Waals surface area contributed by atoms with Crippen molar-refractivity contribution >= 4 is 34.2 Å². The van der Waals surface area contributed by atoms with E-state index in [0.717, 1.165) is 14.5 Å². The fraction of sp³-hybridized carbons (Fsp3) is 0.571. The highest BCUT2D eigenvalue weighted by Crippen LogP contribution is 2.37. The smallest absolute Gasteiger partial charge is 0.0542 e. The van der Waals surface area contributed by atoms with Crippen molar-refractivity contribution in [2.75, 3.05) is 0 Å². The first-order valence-electron chi connectivity index (χ1n) is 6.53. The summed E-state index contributed by atoms with van der Waals surface area (Å²) in [5.41, 5.74) is 4.20. The summed E-state index contributed by atoms with van der Waals surface area (Å²) in [4.78, 5) is 0. The van der Waals surface area contributed by atoms with Crippen LogP contribution in [0.4, 0.5) is 0 Å². The number of rotatable bonds is 3. The van der Waals surface area contributed by atoms with E-state index < -0.39 is 0 Å². The SMILES string of the molecule is CC1CCCC(C(NN)c2ccc(I)c(Cl)c2)C1. The largest absolute Gasteiger partial charge is 0.271 e. The number of hydrogen-bond donors (Lipinski definition) is 2. The fourth-order valence-electron chi connectivity index (χ4n) is 2.99. The molecule has 4 heteroatoms. The van der Waals surface area contributed by atoms with Crippen LogP contribution < -0.4 is 11.3 Å². The highest BCUT2D eigenvalue weighted by Gasteiger charge is 2.27. The summed E-state index contributed by atoms with van der Waals surface area (Å²) >= 11 is 8.46. The first kappa shape index (κ1) is 14.6. The van der Waals surface area contributed by atoms with E-state index in [0.29, 0.717) is 5.92 Å². The van der Waals surface area contributed by atoms with E-state index in [9.17, 15) is 0 Å². The van der Waals surface area contributed by atoms with Gasteiger partial charge < -0.3 is 0 Å². The minimum absolute atomic E-state index is 0.224. The molecule has 18 heavy (non-hydrogen) atoms. The second kappa shape index (κ2) is 6.55. The van der Waals surface area contributed by atoms with Crippen molar-refractivity contribution in [1.82, 2.24) is 5.43 Å². The van der Waals surface area contributed by atoms with E-state index in [-0.39, 0.29) is 6.04 Å². The standard InChI is InChI=1S/C14H20ClIN2/c1-9-3-2-4-10(7-9)14(18-17)11-5-6-13(16)12(15)8-11/h5-6,8-10,14,18H,2-4,7,17H2,1H3. The number of hydrazine groups is 1. The maximum Gasteiger partial charge on any atom is 0.0542 e. The first-order valence-corrected chi connectivity index (χ1v) is 7.98. The second-order valence-corrected chi connectivity index (χ2v) is 6.92. The number of halogens is 2. The van der Waals surface area contributed by atoms with Crippen LogP contribution in [0.3, 0.4) is 0 Å². The van der Waals surface area contributed by atoms with Crippen LogP contribution in [0.25, 0.3) is 0 Å². The Morgan fingerprint density at radius 1 is 1.44 bits per heavy atom. The van der Waals surface area contributed by atoms with Crippen LogP contribution >= 0.6 is 34.2 Å². The number of nitrogens with one attached hydrogen (secondary N) is 1.